The lowest BCUT2D eigenvalue weighted by Gasteiger charge is -2.25. The van der Waals surface area contributed by atoms with Crippen LogP contribution in [0.5, 0.6) is 0 Å². The molecule has 2 atom stereocenters. The van der Waals surface area contributed by atoms with E-state index in [0.29, 0.717) is 11.8 Å². The van der Waals surface area contributed by atoms with E-state index in [4.69, 9.17) is 9.97 Å². The first-order chi connectivity index (χ1) is 17.6. The molecule has 3 aromatic rings. The Morgan fingerprint density at radius 3 is 2.45 bits per heavy atom. The van der Waals surface area contributed by atoms with Gasteiger partial charge in [0.2, 0.25) is 16.0 Å². The van der Waals surface area contributed by atoms with Gasteiger partial charge in [0.1, 0.15) is 16.3 Å². The van der Waals surface area contributed by atoms with E-state index in [1.54, 1.807) is 17.5 Å². The third-order valence-electron chi connectivity index (χ3n) is 6.68. The van der Waals surface area contributed by atoms with E-state index in [-0.39, 0.29) is 24.3 Å². The number of sulfonamides is 1. The second kappa shape index (κ2) is 10.6. The normalized spacial score (nSPS) is 18.7. The highest BCUT2D eigenvalue weighted by atomic mass is 32.2. The van der Waals surface area contributed by atoms with Gasteiger partial charge in [-0.3, -0.25) is 4.98 Å². The molecule has 3 heterocycles. The van der Waals surface area contributed by atoms with Gasteiger partial charge in [0.15, 0.2) is 0 Å². The predicted molar refractivity (Wildman–Crippen MR) is 154 cm³/mol. The second-order valence-corrected chi connectivity index (χ2v) is 14.6. The predicted octanol–water partition coefficient (Wildman–Crippen LogP) is 4.25. The molecule has 0 aliphatic heterocycles. The Kier molecular flexibility index (Phi) is 8.00. The summed E-state index contributed by atoms with van der Waals surface area (Å²) in [5.41, 5.74) is 2.01. The fraction of sp³-hybridized carbons (Fsp3) is 0.615. The standard InChI is InChI=1S/C26H39N7O3S2/c1-15-20(23-31-21-16(2)27-11-10-19(21)37-23)22(30-18-9-8-17(14-18)26(6,7)34)32-24(29-15)28-12-13-38(35,36)33-25(3,4)5/h10-11,17-18,33-34H,8-9,12-14H2,1-7H3,(H2,28,29,30,32)/t17-,18+/m1/s1. The summed E-state index contributed by atoms with van der Waals surface area (Å²) in [7, 11) is -3.46. The van der Waals surface area contributed by atoms with Gasteiger partial charge >= 0.3 is 0 Å². The minimum Gasteiger partial charge on any atom is -0.390 e. The number of aromatic nitrogens is 4. The first-order valence-corrected chi connectivity index (χ1v) is 15.4. The Hall–Kier alpha value is -2.41. The van der Waals surface area contributed by atoms with Crippen LogP contribution in [0.15, 0.2) is 12.3 Å². The van der Waals surface area contributed by atoms with E-state index >= 15 is 0 Å². The minimum absolute atomic E-state index is 0.1000. The number of fused-ring (bicyclic) bond motifs is 1. The molecule has 4 rings (SSSR count). The first kappa shape index (κ1) is 28.6. The average molecular weight is 562 g/mol. The van der Waals surface area contributed by atoms with E-state index < -0.39 is 21.2 Å². The summed E-state index contributed by atoms with van der Waals surface area (Å²) in [6, 6.07) is 2.10. The number of pyridine rings is 1. The molecule has 38 heavy (non-hydrogen) atoms. The number of thiazole rings is 1. The Balaban J connectivity index is 1.63. The van der Waals surface area contributed by atoms with Crippen molar-refractivity contribution in [3.05, 3.63) is 23.7 Å². The summed E-state index contributed by atoms with van der Waals surface area (Å²) >= 11 is 1.57. The summed E-state index contributed by atoms with van der Waals surface area (Å²) in [6.07, 6.45) is 4.46. The number of hydrogen-bond donors (Lipinski definition) is 4. The monoisotopic (exact) mass is 561 g/mol. The van der Waals surface area contributed by atoms with Crippen molar-refractivity contribution in [2.45, 2.75) is 84.9 Å². The van der Waals surface area contributed by atoms with Crippen LogP contribution >= 0.6 is 11.3 Å². The molecule has 1 aliphatic carbocycles. The Morgan fingerprint density at radius 2 is 1.82 bits per heavy atom. The lowest BCUT2D eigenvalue weighted by Crippen LogP contribution is -2.42. The van der Waals surface area contributed by atoms with Crippen LogP contribution in [0, 0.1) is 19.8 Å². The van der Waals surface area contributed by atoms with E-state index in [1.165, 1.54) is 0 Å². The van der Waals surface area contributed by atoms with Gasteiger partial charge in [0.25, 0.3) is 0 Å². The molecule has 0 amide bonds. The van der Waals surface area contributed by atoms with Gasteiger partial charge in [0.05, 0.1) is 33.0 Å². The van der Waals surface area contributed by atoms with Gasteiger partial charge in [-0.15, -0.1) is 11.3 Å². The first-order valence-electron chi connectivity index (χ1n) is 13.0. The third-order valence-corrected chi connectivity index (χ3v) is 9.39. The van der Waals surface area contributed by atoms with Crippen LogP contribution in [-0.4, -0.2) is 62.9 Å². The number of hydrogen-bond acceptors (Lipinski definition) is 10. The molecule has 0 spiro atoms. The summed E-state index contributed by atoms with van der Waals surface area (Å²) in [6.45, 7) is 13.2. The Bertz CT molecular complexity index is 1410. The van der Waals surface area contributed by atoms with Crippen molar-refractivity contribution in [2.24, 2.45) is 5.92 Å². The Labute approximate surface area is 229 Å². The second-order valence-electron chi connectivity index (χ2n) is 11.7. The van der Waals surface area contributed by atoms with Crippen LogP contribution in [0.1, 0.15) is 65.3 Å². The third kappa shape index (κ3) is 6.96. The molecule has 1 saturated carbocycles. The zero-order chi connectivity index (χ0) is 27.9. The minimum atomic E-state index is -3.46. The molecule has 0 bridgehead atoms. The van der Waals surface area contributed by atoms with Crippen LogP contribution in [0.2, 0.25) is 0 Å². The van der Waals surface area contributed by atoms with E-state index in [9.17, 15) is 13.5 Å². The molecular weight excluding hydrogens is 522 g/mol. The van der Waals surface area contributed by atoms with Crippen molar-refractivity contribution in [1.82, 2.24) is 24.7 Å². The zero-order valence-corrected chi connectivity index (χ0v) is 24.8. The lowest BCUT2D eigenvalue weighted by molar-refractivity contribution is 0.0197. The lowest BCUT2D eigenvalue weighted by atomic mass is 9.89. The highest BCUT2D eigenvalue weighted by Crippen LogP contribution is 2.39. The van der Waals surface area contributed by atoms with Crippen molar-refractivity contribution in [3.63, 3.8) is 0 Å². The summed E-state index contributed by atoms with van der Waals surface area (Å²) in [4.78, 5) is 18.7. The van der Waals surface area contributed by atoms with Gasteiger partial charge in [-0.05, 0) is 79.7 Å². The maximum Gasteiger partial charge on any atom is 0.224 e. The largest absolute Gasteiger partial charge is 0.390 e. The molecule has 0 unspecified atom stereocenters. The molecule has 3 aromatic heterocycles. The number of anilines is 2. The summed E-state index contributed by atoms with van der Waals surface area (Å²) in [5, 5.41) is 18.0. The van der Waals surface area contributed by atoms with Crippen LogP contribution in [0.4, 0.5) is 11.8 Å². The van der Waals surface area contributed by atoms with Crippen molar-refractivity contribution in [2.75, 3.05) is 22.9 Å². The molecule has 1 fully saturated rings. The van der Waals surface area contributed by atoms with Crippen molar-refractivity contribution in [1.29, 1.82) is 0 Å². The molecule has 12 heteroatoms. The fourth-order valence-corrected chi connectivity index (χ4v) is 7.38. The number of nitrogens with one attached hydrogen (secondary N) is 3. The maximum atomic E-state index is 12.4. The number of aliphatic hydroxyl groups is 1. The SMILES string of the molecule is Cc1nc(NCCS(=O)(=O)NC(C)(C)C)nc(N[C@H]2CC[C@@H](C(C)(C)O)C2)c1-c1nc2c(C)nccc2s1. The van der Waals surface area contributed by atoms with Crippen LogP contribution in [0.3, 0.4) is 0 Å². The van der Waals surface area contributed by atoms with Crippen molar-refractivity contribution < 1.29 is 13.5 Å². The maximum absolute atomic E-state index is 12.4. The van der Waals surface area contributed by atoms with Gasteiger partial charge in [-0.1, -0.05) is 0 Å². The summed E-state index contributed by atoms with van der Waals surface area (Å²) in [5.74, 6) is 1.11. The number of nitrogens with zero attached hydrogens (tertiary/aromatic N) is 4. The zero-order valence-electron chi connectivity index (χ0n) is 23.2. The molecule has 0 saturated heterocycles. The van der Waals surface area contributed by atoms with Crippen LogP contribution < -0.4 is 15.4 Å². The molecule has 10 nitrogen and oxygen atoms in total. The van der Waals surface area contributed by atoms with E-state index in [1.807, 2.05) is 54.5 Å². The average Bonchev–Trinajstić information content (AvgIpc) is 3.39. The van der Waals surface area contributed by atoms with Gasteiger partial charge < -0.3 is 15.7 Å². The topological polar surface area (TPSA) is 142 Å². The van der Waals surface area contributed by atoms with Gasteiger partial charge in [0, 0.05) is 24.3 Å². The van der Waals surface area contributed by atoms with E-state index in [2.05, 4.69) is 25.3 Å². The van der Waals surface area contributed by atoms with Crippen molar-refractivity contribution >= 4 is 43.3 Å². The molecule has 0 aromatic carbocycles. The fourth-order valence-electron chi connectivity index (χ4n) is 4.86. The van der Waals surface area contributed by atoms with Gasteiger partial charge in [-0.2, -0.15) is 4.98 Å². The summed E-state index contributed by atoms with van der Waals surface area (Å²) < 4.78 is 28.6. The smallest absolute Gasteiger partial charge is 0.224 e. The van der Waals surface area contributed by atoms with Gasteiger partial charge in [-0.25, -0.2) is 23.1 Å². The Morgan fingerprint density at radius 1 is 1.08 bits per heavy atom. The van der Waals surface area contributed by atoms with E-state index in [0.717, 1.165) is 51.4 Å². The molecule has 1 aliphatic rings. The quantitative estimate of drug-likeness (QED) is 0.302. The van der Waals surface area contributed by atoms with Crippen LogP contribution in [-0.2, 0) is 10.0 Å². The molecule has 4 N–H and O–H groups in total. The highest BCUT2D eigenvalue weighted by molar-refractivity contribution is 7.89. The molecule has 208 valence electrons. The number of rotatable bonds is 9. The van der Waals surface area contributed by atoms with Crippen molar-refractivity contribution in [3.8, 4) is 10.6 Å². The number of aryl methyl sites for hydroxylation is 2. The molecular formula is C26H39N7O3S2. The highest BCUT2D eigenvalue weighted by Gasteiger charge is 2.35. The van der Waals surface area contributed by atoms with Crippen LogP contribution in [0.25, 0.3) is 20.8 Å². The molecule has 0 radical (unpaired) electrons.